The van der Waals surface area contributed by atoms with Crippen LogP contribution in [0.4, 0.5) is 5.82 Å². The van der Waals surface area contributed by atoms with Crippen LogP contribution in [0.25, 0.3) is 0 Å². The van der Waals surface area contributed by atoms with Gasteiger partial charge in [0.15, 0.2) is 0 Å². The highest BCUT2D eigenvalue weighted by molar-refractivity contribution is 5.81. The van der Waals surface area contributed by atoms with E-state index < -0.39 is 0 Å². The van der Waals surface area contributed by atoms with E-state index in [1.807, 2.05) is 0 Å². The van der Waals surface area contributed by atoms with Gasteiger partial charge in [-0.15, -0.1) is 0 Å². The van der Waals surface area contributed by atoms with Crippen LogP contribution in [0.3, 0.4) is 0 Å². The lowest BCUT2D eigenvalue weighted by Crippen LogP contribution is -2.31. The summed E-state index contributed by atoms with van der Waals surface area (Å²) in [7, 11) is 1.75. The quantitative estimate of drug-likeness (QED) is 0.783. The SMILES string of the molecule is Cc1nn(C)c(NCC(=O)NC2CC2)c1C#N. The molecule has 1 amide bonds. The third-order valence-corrected chi connectivity index (χ3v) is 2.69. The van der Waals surface area contributed by atoms with Crippen LogP contribution in [0.1, 0.15) is 24.1 Å². The average molecular weight is 233 g/mol. The standard InChI is InChI=1S/C11H15N5O/c1-7-9(5-12)11(16(2)15-7)13-6-10(17)14-8-3-4-8/h8,13H,3-4,6H2,1-2H3,(H,14,17). The van der Waals surface area contributed by atoms with Gasteiger partial charge >= 0.3 is 0 Å². The van der Waals surface area contributed by atoms with Gasteiger partial charge in [-0.25, -0.2) is 0 Å². The molecule has 0 unspecified atom stereocenters. The first-order valence-electron chi connectivity index (χ1n) is 5.58. The molecule has 0 aliphatic heterocycles. The molecular weight excluding hydrogens is 218 g/mol. The van der Waals surface area contributed by atoms with Crippen molar-refractivity contribution in [3.63, 3.8) is 0 Å². The molecule has 0 spiro atoms. The van der Waals surface area contributed by atoms with E-state index >= 15 is 0 Å². The number of nitriles is 1. The Kier molecular flexibility index (Phi) is 3.00. The number of hydrogen-bond acceptors (Lipinski definition) is 4. The van der Waals surface area contributed by atoms with Gasteiger partial charge in [-0.2, -0.15) is 10.4 Å². The Morgan fingerprint density at radius 2 is 2.35 bits per heavy atom. The molecule has 0 radical (unpaired) electrons. The molecule has 1 aliphatic carbocycles. The number of carbonyl (C=O) groups is 1. The molecule has 1 heterocycles. The first kappa shape index (κ1) is 11.5. The second-order valence-corrected chi connectivity index (χ2v) is 4.24. The van der Waals surface area contributed by atoms with E-state index in [1.165, 1.54) is 0 Å². The molecule has 1 aromatic rings. The Hall–Kier alpha value is -2.03. The van der Waals surface area contributed by atoms with Crippen molar-refractivity contribution in [2.24, 2.45) is 7.05 Å². The van der Waals surface area contributed by atoms with Crippen LogP contribution in [-0.2, 0) is 11.8 Å². The fraction of sp³-hybridized carbons (Fsp3) is 0.545. The molecule has 6 heteroatoms. The number of carbonyl (C=O) groups excluding carboxylic acids is 1. The molecular formula is C11H15N5O. The monoisotopic (exact) mass is 233 g/mol. The van der Waals surface area contributed by atoms with E-state index in [0.29, 0.717) is 23.1 Å². The van der Waals surface area contributed by atoms with E-state index in [0.717, 1.165) is 12.8 Å². The zero-order valence-electron chi connectivity index (χ0n) is 9.95. The van der Waals surface area contributed by atoms with Crippen LogP contribution >= 0.6 is 0 Å². The molecule has 90 valence electrons. The fourth-order valence-corrected chi connectivity index (χ4v) is 1.67. The van der Waals surface area contributed by atoms with Gasteiger partial charge in [-0.05, 0) is 19.8 Å². The molecule has 0 atom stereocenters. The van der Waals surface area contributed by atoms with Crippen molar-refractivity contribution < 1.29 is 4.79 Å². The van der Waals surface area contributed by atoms with Crippen molar-refractivity contribution in [2.45, 2.75) is 25.8 Å². The first-order chi connectivity index (χ1) is 8.11. The summed E-state index contributed by atoms with van der Waals surface area (Å²) in [5.41, 5.74) is 1.16. The number of hydrogen-bond donors (Lipinski definition) is 2. The number of aryl methyl sites for hydroxylation is 2. The summed E-state index contributed by atoms with van der Waals surface area (Å²) in [6.45, 7) is 1.94. The number of nitrogens with zero attached hydrogens (tertiary/aromatic N) is 3. The lowest BCUT2D eigenvalue weighted by Gasteiger charge is -2.07. The Morgan fingerprint density at radius 3 is 2.94 bits per heavy atom. The minimum atomic E-state index is -0.0461. The molecule has 0 aromatic carbocycles. The highest BCUT2D eigenvalue weighted by Crippen LogP contribution is 2.19. The Labute approximate surface area is 99.6 Å². The number of rotatable bonds is 4. The molecule has 17 heavy (non-hydrogen) atoms. The second-order valence-electron chi connectivity index (χ2n) is 4.24. The van der Waals surface area contributed by atoms with Crippen LogP contribution in [0.2, 0.25) is 0 Å². The minimum absolute atomic E-state index is 0.0461. The number of amides is 1. The van der Waals surface area contributed by atoms with Gasteiger partial charge in [-0.1, -0.05) is 0 Å². The predicted molar refractivity (Wildman–Crippen MR) is 62.3 cm³/mol. The minimum Gasteiger partial charge on any atom is -0.360 e. The Morgan fingerprint density at radius 1 is 1.65 bits per heavy atom. The van der Waals surface area contributed by atoms with Gasteiger partial charge in [0.2, 0.25) is 5.91 Å². The van der Waals surface area contributed by atoms with Crippen LogP contribution in [0.15, 0.2) is 0 Å². The second kappa shape index (κ2) is 4.45. The molecule has 1 fully saturated rings. The van der Waals surface area contributed by atoms with E-state index in [-0.39, 0.29) is 12.5 Å². The van der Waals surface area contributed by atoms with Gasteiger partial charge in [0.25, 0.3) is 0 Å². The summed E-state index contributed by atoms with van der Waals surface area (Å²) >= 11 is 0. The van der Waals surface area contributed by atoms with E-state index in [1.54, 1.807) is 18.7 Å². The van der Waals surface area contributed by atoms with Gasteiger partial charge < -0.3 is 10.6 Å². The van der Waals surface area contributed by atoms with Gasteiger partial charge in [0, 0.05) is 13.1 Å². The largest absolute Gasteiger partial charge is 0.360 e. The van der Waals surface area contributed by atoms with Crippen molar-refractivity contribution in [2.75, 3.05) is 11.9 Å². The summed E-state index contributed by atoms with van der Waals surface area (Å²) < 4.78 is 1.58. The van der Waals surface area contributed by atoms with Crippen LogP contribution < -0.4 is 10.6 Å². The smallest absolute Gasteiger partial charge is 0.239 e. The van der Waals surface area contributed by atoms with Crippen LogP contribution in [-0.4, -0.2) is 28.3 Å². The lowest BCUT2D eigenvalue weighted by atomic mass is 10.2. The predicted octanol–water partition coefficient (Wildman–Crippen LogP) is 0.291. The molecule has 0 saturated heterocycles. The molecule has 2 N–H and O–H groups in total. The van der Waals surface area contributed by atoms with Gasteiger partial charge in [-0.3, -0.25) is 9.48 Å². The number of nitrogens with one attached hydrogen (secondary N) is 2. The van der Waals surface area contributed by atoms with Crippen LogP contribution in [0, 0.1) is 18.3 Å². The summed E-state index contributed by atoms with van der Waals surface area (Å²) in [4.78, 5) is 11.5. The van der Waals surface area contributed by atoms with Crippen molar-refractivity contribution in [1.82, 2.24) is 15.1 Å². The zero-order chi connectivity index (χ0) is 12.4. The van der Waals surface area contributed by atoms with E-state index in [2.05, 4.69) is 21.8 Å². The van der Waals surface area contributed by atoms with Crippen molar-refractivity contribution in [3.8, 4) is 6.07 Å². The normalized spacial score (nSPS) is 14.2. The van der Waals surface area contributed by atoms with Gasteiger partial charge in [0.05, 0.1) is 12.2 Å². The lowest BCUT2D eigenvalue weighted by molar-refractivity contribution is -0.119. The maximum Gasteiger partial charge on any atom is 0.239 e. The fourth-order valence-electron chi connectivity index (χ4n) is 1.67. The van der Waals surface area contributed by atoms with Gasteiger partial charge in [0.1, 0.15) is 17.5 Å². The molecule has 1 saturated carbocycles. The maximum absolute atomic E-state index is 11.5. The maximum atomic E-state index is 11.5. The number of aromatic nitrogens is 2. The highest BCUT2D eigenvalue weighted by Gasteiger charge is 2.23. The third-order valence-electron chi connectivity index (χ3n) is 2.69. The average Bonchev–Trinajstić information content (AvgIpc) is 3.02. The molecule has 1 aliphatic rings. The summed E-state index contributed by atoms with van der Waals surface area (Å²) in [6.07, 6.45) is 2.14. The molecule has 6 nitrogen and oxygen atoms in total. The Bertz CT molecular complexity index is 481. The van der Waals surface area contributed by atoms with Crippen molar-refractivity contribution in [3.05, 3.63) is 11.3 Å². The van der Waals surface area contributed by atoms with Crippen LogP contribution in [0.5, 0.6) is 0 Å². The number of anilines is 1. The van der Waals surface area contributed by atoms with Crippen molar-refractivity contribution >= 4 is 11.7 Å². The Balaban J connectivity index is 1.98. The molecule has 2 rings (SSSR count). The molecule has 0 bridgehead atoms. The summed E-state index contributed by atoms with van der Waals surface area (Å²) in [5.74, 6) is 0.547. The van der Waals surface area contributed by atoms with E-state index in [4.69, 9.17) is 5.26 Å². The molecule has 1 aromatic heterocycles. The highest BCUT2D eigenvalue weighted by atomic mass is 16.2. The van der Waals surface area contributed by atoms with E-state index in [9.17, 15) is 4.79 Å². The first-order valence-corrected chi connectivity index (χ1v) is 5.58. The summed E-state index contributed by atoms with van der Waals surface area (Å²) in [6, 6.07) is 2.44. The zero-order valence-corrected chi connectivity index (χ0v) is 9.95. The van der Waals surface area contributed by atoms with Crippen molar-refractivity contribution in [1.29, 1.82) is 5.26 Å². The topological polar surface area (TPSA) is 82.7 Å². The summed E-state index contributed by atoms with van der Waals surface area (Å²) in [5, 5.41) is 18.9. The third kappa shape index (κ3) is 2.56.